The number of carbonyl (C=O) groups excluding carboxylic acids is 1. The van der Waals surface area contributed by atoms with Crippen molar-refractivity contribution >= 4 is 58.9 Å². The molecule has 8 nitrogen and oxygen atoms in total. The molecule has 0 aliphatic rings. The summed E-state index contributed by atoms with van der Waals surface area (Å²) in [6.07, 6.45) is 4.43. The number of carbonyl (C=O) groups is 1. The first-order chi connectivity index (χ1) is 15.7. The lowest BCUT2D eigenvalue weighted by molar-refractivity contribution is -0.103. The lowest BCUT2D eigenvalue weighted by atomic mass is 10.0. The predicted molar refractivity (Wildman–Crippen MR) is 126 cm³/mol. The quantitative estimate of drug-likeness (QED) is 0.270. The number of halogens is 3. The maximum Gasteiger partial charge on any atom is 0.228 e. The number of allylic oxidation sites excluding steroid dienone is 1. The second-order valence-electron chi connectivity index (χ2n) is 6.77. The number of anilines is 3. The minimum atomic E-state index is -0.961. The van der Waals surface area contributed by atoms with Crippen LogP contribution in [0.3, 0.4) is 0 Å². The molecule has 0 unspecified atom stereocenters. The van der Waals surface area contributed by atoms with Crippen LogP contribution < -0.4 is 20.1 Å². The summed E-state index contributed by atoms with van der Waals surface area (Å²) in [7, 11) is 4.85. The molecule has 33 heavy (non-hydrogen) atoms. The summed E-state index contributed by atoms with van der Waals surface area (Å²) in [5.41, 5.74) is 5.18. The highest BCUT2D eigenvalue weighted by molar-refractivity contribution is 8.00. The van der Waals surface area contributed by atoms with E-state index >= 15 is 4.39 Å². The van der Waals surface area contributed by atoms with E-state index in [0.717, 1.165) is 18.0 Å². The van der Waals surface area contributed by atoms with Crippen molar-refractivity contribution in [1.29, 1.82) is 0 Å². The Kier molecular flexibility index (Phi) is 7.67. The van der Waals surface area contributed by atoms with E-state index in [4.69, 9.17) is 22.1 Å². The van der Waals surface area contributed by atoms with Gasteiger partial charge in [0, 0.05) is 37.6 Å². The zero-order valence-electron chi connectivity index (χ0n) is 17.8. The number of nitrogens with two attached hydrogens (primary N) is 1. The Morgan fingerprint density at radius 3 is 2.70 bits per heavy atom. The number of aromatic nitrogens is 3. The normalized spacial score (nSPS) is 11.3. The maximum atomic E-state index is 15.3. The zero-order valence-corrected chi connectivity index (χ0v) is 19.3. The fourth-order valence-corrected chi connectivity index (χ4v) is 3.84. The van der Waals surface area contributed by atoms with Crippen molar-refractivity contribution in [2.45, 2.75) is 4.90 Å². The largest absolute Gasteiger partial charge is 0.480 e. The average Bonchev–Trinajstić information content (AvgIpc) is 2.78. The molecule has 0 bridgehead atoms. The molecule has 3 rings (SSSR count). The molecule has 0 fully saturated rings. The second-order valence-corrected chi connectivity index (χ2v) is 8.05. The van der Waals surface area contributed by atoms with E-state index < -0.39 is 17.2 Å². The smallest absolute Gasteiger partial charge is 0.228 e. The molecule has 172 valence electrons. The van der Waals surface area contributed by atoms with Gasteiger partial charge in [-0.1, -0.05) is 11.6 Å². The van der Waals surface area contributed by atoms with Gasteiger partial charge in [0.15, 0.2) is 12.1 Å². The molecule has 0 amide bonds. The van der Waals surface area contributed by atoms with Crippen molar-refractivity contribution in [2.75, 3.05) is 36.6 Å². The number of hydrogen-bond donors (Lipinski definition) is 2. The Morgan fingerprint density at radius 2 is 2.03 bits per heavy atom. The first kappa shape index (κ1) is 24.2. The molecular formula is C21H19ClF2N6O2S. The Balaban J connectivity index is 2.01. The second kappa shape index (κ2) is 10.5. The molecule has 0 spiro atoms. The van der Waals surface area contributed by atoms with Crippen LogP contribution in [0.2, 0.25) is 5.02 Å². The van der Waals surface area contributed by atoms with E-state index in [9.17, 15) is 9.18 Å². The van der Waals surface area contributed by atoms with Crippen LogP contribution >= 0.6 is 23.5 Å². The number of nitrogens with zero attached hydrogens (tertiary/aromatic N) is 4. The SMILES string of the molecule is COc1ncc(Cl)cc1SNc1ccc(F)c(/C(C=O)=C/c2cnc(N)nc2N(C)C)c1F. The van der Waals surface area contributed by atoms with Crippen molar-refractivity contribution in [3.63, 3.8) is 0 Å². The fourth-order valence-electron chi connectivity index (χ4n) is 2.83. The molecule has 2 heterocycles. The van der Waals surface area contributed by atoms with Gasteiger partial charge >= 0.3 is 0 Å². The van der Waals surface area contributed by atoms with E-state index in [-0.39, 0.29) is 23.1 Å². The number of nitrogen functional groups attached to an aromatic ring is 1. The number of nitrogens with one attached hydrogen (secondary N) is 1. The predicted octanol–water partition coefficient (Wildman–Crippen LogP) is 4.32. The number of rotatable bonds is 8. The molecule has 2 aromatic heterocycles. The number of methoxy groups -OCH3 is 1. The number of aldehydes is 1. The summed E-state index contributed by atoms with van der Waals surface area (Å²) in [4.78, 5) is 26.0. The number of pyridine rings is 1. The highest BCUT2D eigenvalue weighted by atomic mass is 35.5. The van der Waals surface area contributed by atoms with Crippen LogP contribution in [0, 0.1) is 11.6 Å². The molecule has 0 radical (unpaired) electrons. The molecule has 1 aromatic carbocycles. The summed E-state index contributed by atoms with van der Waals surface area (Å²) in [5.74, 6) is -1.19. The monoisotopic (exact) mass is 492 g/mol. The molecule has 0 saturated carbocycles. The van der Waals surface area contributed by atoms with Gasteiger partial charge in [-0.05, 0) is 36.2 Å². The lowest BCUT2D eigenvalue weighted by Crippen LogP contribution is -2.14. The van der Waals surface area contributed by atoms with Gasteiger partial charge in [-0.2, -0.15) is 4.98 Å². The summed E-state index contributed by atoms with van der Waals surface area (Å²) in [5, 5.41) is 0.356. The Labute approximate surface area is 198 Å². The van der Waals surface area contributed by atoms with E-state index in [1.807, 2.05) is 0 Å². The third-order valence-electron chi connectivity index (χ3n) is 4.31. The summed E-state index contributed by atoms with van der Waals surface area (Å²) in [6.45, 7) is 0. The third-order valence-corrected chi connectivity index (χ3v) is 5.35. The van der Waals surface area contributed by atoms with Crippen LogP contribution in [0.25, 0.3) is 11.6 Å². The molecular weight excluding hydrogens is 474 g/mol. The average molecular weight is 493 g/mol. The van der Waals surface area contributed by atoms with Crippen LogP contribution in [-0.2, 0) is 4.79 Å². The topological polar surface area (TPSA) is 106 Å². The van der Waals surface area contributed by atoms with Gasteiger partial charge in [-0.15, -0.1) is 0 Å². The van der Waals surface area contributed by atoms with Crippen molar-refractivity contribution in [1.82, 2.24) is 15.0 Å². The molecule has 12 heteroatoms. The van der Waals surface area contributed by atoms with Gasteiger partial charge in [0.2, 0.25) is 11.8 Å². The van der Waals surface area contributed by atoms with Crippen molar-refractivity contribution in [3.05, 3.63) is 58.4 Å². The lowest BCUT2D eigenvalue weighted by Gasteiger charge is -2.15. The van der Waals surface area contributed by atoms with Crippen LogP contribution in [0.5, 0.6) is 5.88 Å². The number of benzene rings is 1. The van der Waals surface area contributed by atoms with Gasteiger partial charge in [-0.25, -0.2) is 18.7 Å². The van der Waals surface area contributed by atoms with Crippen LogP contribution in [-0.4, -0.2) is 42.4 Å². The number of ether oxygens (including phenoxy) is 1. The minimum Gasteiger partial charge on any atom is -0.480 e. The molecule has 0 aliphatic heterocycles. The van der Waals surface area contributed by atoms with E-state index in [1.165, 1.54) is 31.6 Å². The van der Waals surface area contributed by atoms with Crippen LogP contribution in [0.15, 0.2) is 35.5 Å². The first-order valence-electron chi connectivity index (χ1n) is 9.32. The Morgan fingerprint density at radius 1 is 1.27 bits per heavy atom. The molecule has 3 N–H and O–H groups in total. The summed E-state index contributed by atoms with van der Waals surface area (Å²) in [6, 6.07) is 3.85. The standard InChI is InChI=1S/C21H19ClF2N6O2S/c1-30(2)19-11(8-27-21(25)28-19)6-12(10-31)17-14(23)4-5-15(18(17)24)29-33-16-7-13(22)9-26-20(16)32-3/h4-10,29H,1-3H3,(H2,25,27,28)/b12-6+. The van der Waals surface area contributed by atoms with Crippen molar-refractivity contribution in [2.24, 2.45) is 0 Å². The van der Waals surface area contributed by atoms with E-state index in [2.05, 4.69) is 19.7 Å². The fraction of sp³-hybridized carbons (Fsp3) is 0.143. The highest BCUT2D eigenvalue weighted by Gasteiger charge is 2.19. The van der Waals surface area contributed by atoms with Crippen molar-refractivity contribution < 1.29 is 18.3 Å². The van der Waals surface area contributed by atoms with E-state index in [1.54, 1.807) is 25.1 Å². The molecule has 0 saturated heterocycles. The maximum absolute atomic E-state index is 15.3. The first-order valence-corrected chi connectivity index (χ1v) is 10.5. The molecule has 3 aromatic rings. The van der Waals surface area contributed by atoms with Gasteiger partial charge in [0.1, 0.15) is 11.6 Å². The minimum absolute atomic E-state index is 0.0232. The van der Waals surface area contributed by atoms with Gasteiger partial charge in [-0.3, -0.25) is 4.79 Å². The van der Waals surface area contributed by atoms with E-state index in [0.29, 0.717) is 27.6 Å². The number of hydrogen-bond acceptors (Lipinski definition) is 9. The summed E-state index contributed by atoms with van der Waals surface area (Å²) < 4.78 is 37.9. The van der Waals surface area contributed by atoms with Gasteiger partial charge < -0.3 is 20.1 Å². The molecule has 0 aliphatic carbocycles. The van der Waals surface area contributed by atoms with Gasteiger partial charge in [0.05, 0.1) is 28.3 Å². The zero-order chi connectivity index (χ0) is 24.1. The summed E-state index contributed by atoms with van der Waals surface area (Å²) >= 11 is 6.93. The highest BCUT2D eigenvalue weighted by Crippen LogP contribution is 2.34. The molecule has 0 atom stereocenters. The van der Waals surface area contributed by atoms with Gasteiger partial charge in [0.25, 0.3) is 0 Å². The van der Waals surface area contributed by atoms with Crippen LogP contribution in [0.4, 0.5) is 26.2 Å². The Bertz CT molecular complexity index is 1230. The Hall–Kier alpha value is -3.44. The third kappa shape index (κ3) is 5.49. The van der Waals surface area contributed by atoms with Crippen molar-refractivity contribution in [3.8, 4) is 5.88 Å². The van der Waals surface area contributed by atoms with Crippen LogP contribution in [0.1, 0.15) is 11.1 Å².